The van der Waals surface area contributed by atoms with Gasteiger partial charge in [0.25, 0.3) is 0 Å². The van der Waals surface area contributed by atoms with E-state index in [0.29, 0.717) is 0 Å². The van der Waals surface area contributed by atoms with Crippen LogP contribution in [0.3, 0.4) is 0 Å². The van der Waals surface area contributed by atoms with Gasteiger partial charge in [0.15, 0.2) is 0 Å². The van der Waals surface area contributed by atoms with E-state index in [2.05, 4.69) is 32.9 Å². The summed E-state index contributed by atoms with van der Waals surface area (Å²) in [5, 5.41) is 19.0. The van der Waals surface area contributed by atoms with Crippen molar-refractivity contribution in [3.05, 3.63) is 34.4 Å². The third-order valence-corrected chi connectivity index (χ3v) is 3.81. The molecule has 2 heteroatoms. The zero-order valence-corrected chi connectivity index (χ0v) is 11.4. The molecule has 0 fully saturated rings. The number of benzene rings is 1. The highest BCUT2D eigenvalue weighted by Gasteiger charge is 2.28. The highest BCUT2D eigenvalue weighted by molar-refractivity contribution is 5.38. The minimum Gasteiger partial charge on any atom is -0.396 e. The Morgan fingerprint density at radius 3 is 1.82 bits per heavy atom. The molecule has 0 aliphatic heterocycles. The summed E-state index contributed by atoms with van der Waals surface area (Å²) in [6, 6.07) is 4.33. The van der Waals surface area contributed by atoms with Gasteiger partial charge in [0.05, 0.1) is 13.2 Å². The van der Waals surface area contributed by atoms with Gasteiger partial charge in [-0.05, 0) is 50.3 Å². The molecule has 1 rings (SSSR count). The molecule has 0 radical (unpaired) electrons. The normalized spacial score (nSPS) is 11.9. The molecule has 0 amide bonds. The zero-order valence-electron chi connectivity index (χ0n) is 11.4. The van der Waals surface area contributed by atoms with Gasteiger partial charge in [-0.15, -0.1) is 0 Å². The summed E-state index contributed by atoms with van der Waals surface area (Å²) < 4.78 is 0. The molecule has 0 aliphatic carbocycles. The third-order valence-electron chi connectivity index (χ3n) is 3.81. The van der Waals surface area contributed by atoms with Crippen molar-refractivity contribution in [2.45, 2.75) is 40.5 Å². The number of aryl methyl sites for hydroxylation is 3. The molecule has 0 saturated heterocycles. The van der Waals surface area contributed by atoms with Gasteiger partial charge in [-0.2, -0.15) is 0 Å². The first kappa shape index (κ1) is 14.2. The first-order valence-corrected chi connectivity index (χ1v) is 6.26. The van der Waals surface area contributed by atoms with E-state index in [1.54, 1.807) is 0 Å². The van der Waals surface area contributed by atoms with E-state index < -0.39 is 0 Å². The molecule has 0 saturated carbocycles. The number of rotatable bonds is 5. The molecule has 0 heterocycles. The Bertz CT molecular complexity index is 347. The number of hydrogen-bond acceptors (Lipinski definition) is 2. The topological polar surface area (TPSA) is 40.5 Å². The molecule has 96 valence electrons. The Hall–Kier alpha value is -0.860. The quantitative estimate of drug-likeness (QED) is 0.825. The average molecular weight is 236 g/mol. The van der Waals surface area contributed by atoms with E-state index in [-0.39, 0.29) is 18.6 Å². The van der Waals surface area contributed by atoms with Crippen molar-refractivity contribution in [1.82, 2.24) is 0 Å². The Kier molecular flexibility index (Phi) is 4.72. The maximum atomic E-state index is 9.51. The maximum Gasteiger partial charge on any atom is 0.0512 e. The number of aliphatic hydroxyl groups is 2. The van der Waals surface area contributed by atoms with Crippen molar-refractivity contribution in [2.75, 3.05) is 13.2 Å². The number of aliphatic hydroxyl groups excluding tert-OH is 2. The lowest BCUT2D eigenvalue weighted by Gasteiger charge is -2.30. The first-order valence-electron chi connectivity index (χ1n) is 6.26. The van der Waals surface area contributed by atoms with Crippen molar-refractivity contribution in [3.63, 3.8) is 0 Å². The SMILES string of the molecule is CCC(CO)(CO)Cc1c(C)cc(C)cc1C. The lowest BCUT2D eigenvalue weighted by molar-refractivity contribution is 0.0512. The minimum atomic E-state index is -0.384. The second kappa shape index (κ2) is 5.65. The lowest BCUT2D eigenvalue weighted by atomic mass is 9.78. The number of hydrogen-bond donors (Lipinski definition) is 2. The van der Waals surface area contributed by atoms with Crippen LogP contribution in [0.2, 0.25) is 0 Å². The second-order valence-electron chi connectivity index (χ2n) is 5.22. The van der Waals surface area contributed by atoms with Crippen LogP contribution in [-0.2, 0) is 6.42 Å². The summed E-state index contributed by atoms with van der Waals surface area (Å²) in [6.07, 6.45) is 1.53. The van der Waals surface area contributed by atoms with Crippen molar-refractivity contribution in [3.8, 4) is 0 Å². The molecule has 0 aromatic heterocycles. The fourth-order valence-electron chi connectivity index (χ4n) is 2.37. The predicted molar refractivity (Wildman–Crippen MR) is 71.3 cm³/mol. The third kappa shape index (κ3) is 3.08. The molecule has 0 spiro atoms. The van der Waals surface area contributed by atoms with E-state index in [1.165, 1.54) is 22.3 Å². The van der Waals surface area contributed by atoms with Gasteiger partial charge in [-0.25, -0.2) is 0 Å². The smallest absolute Gasteiger partial charge is 0.0512 e. The summed E-state index contributed by atoms with van der Waals surface area (Å²) >= 11 is 0. The Morgan fingerprint density at radius 1 is 1.00 bits per heavy atom. The van der Waals surface area contributed by atoms with Crippen molar-refractivity contribution < 1.29 is 10.2 Å². The Balaban J connectivity index is 3.09. The van der Waals surface area contributed by atoms with Gasteiger partial charge >= 0.3 is 0 Å². The van der Waals surface area contributed by atoms with Crippen LogP contribution in [-0.4, -0.2) is 23.4 Å². The molecule has 0 atom stereocenters. The molecule has 0 unspecified atom stereocenters. The van der Waals surface area contributed by atoms with Crippen LogP contribution < -0.4 is 0 Å². The minimum absolute atomic E-state index is 0.0345. The lowest BCUT2D eigenvalue weighted by Crippen LogP contribution is -2.32. The van der Waals surface area contributed by atoms with Crippen molar-refractivity contribution in [1.29, 1.82) is 0 Å². The van der Waals surface area contributed by atoms with Gasteiger partial charge in [-0.3, -0.25) is 0 Å². The van der Waals surface area contributed by atoms with E-state index in [1.807, 2.05) is 6.92 Å². The fraction of sp³-hybridized carbons (Fsp3) is 0.600. The van der Waals surface area contributed by atoms with Gasteiger partial charge in [-0.1, -0.05) is 24.6 Å². The average Bonchev–Trinajstić information content (AvgIpc) is 2.29. The Morgan fingerprint density at radius 2 is 1.47 bits per heavy atom. The Labute approximate surface area is 104 Å². The van der Waals surface area contributed by atoms with Crippen molar-refractivity contribution >= 4 is 0 Å². The van der Waals surface area contributed by atoms with E-state index in [4.69, 9.17) is 0 Å². The van der Waals surface area contributed by atoms with Crippen LogP contribution in [0.1, 0.15) is 35.6 Å². The molecule has 0 bridgehead atoms. The fourth-order valence-corrected chi connectivity index (χ4v) is 2.37. The molecule has 2 N–H and O–H groups in total. The zero-order chi connectivity index (χ0) is 13.1. The summed E-state index contributed by atoms with van der Waals surface area (Å²) in [6.45, 7) is 8.38. The highest BCUT2D eigenvalue weighted by atomic mass is 16.3. The van der Waals surface area contributed by atoms with Crippen LogP contribution in [0.5, 0.6) is 0 Å². The molecule has 17 heavy (non-hydrogen) atoms. The van der Waals surface area contributed by atoms with E-state index in [9.17, 15) is 10.2 Å². The van der Waals surface area contributed by atoms with Gasteiger partial charge in [0, 0.05) is 5.41 Å². The molecule has 1 aromatic rings. The van der Waals surface area contributed by atoms with Crippen LogP contribution in [0.4, 0.5) is 0 Å². The summed E-state index contributed by atoms with van der Waals surface area (Å²) in [7, 11) is 0. The summed E-state index contributed by atoms with van der Waals surface area (Å²) in [4.78, 5) is 0. The summed E-state index contributed by atoms with van der Waals surface area (Å²) in [5.41, 5.74) is 4.65. The van der Waals surface area contributed by atoms with Crippen LogP contribution >= 0.6 is 0 Å². The van der Waals surface area contributed by atoms with Crippen LogP contribution in [0.15, 0.2) is 12.1 Å². The van der Waals surface area contributed by atoms with Gasteiger partial charge in [0.2, 0.25) is 0 Å². The van der Waals surface area contributed by atoms with Gasteiger partial charge < -0.3 is 10.2 Å². The van der Waals surface area contributed by atoms with E-state index in [0.717, 1.165) is 12.8 Å². The first-order chi connectivity index (χ1) is 7.98. The molecule has 1 aromatic carbocycles. The molecular formula is C15H24O2. The second-order valence-corrected chi connectivity index (χ2v) is 5.22. The largest absolute Gasteiger partial charge is 0.396 e. The van der Waals surface area contributed by atoms with Gasteiger partial charge in [0.1, 0.15) is 0 Å². The monoisotopic (exact) mass is 236 g/mol. The maximum absolute atomic E-state index is 9.51. The highest BCUT2D eigenvalue weighted by Crippen LogP contribution is 2.29. The molecule has 2 nitrogen and oxygen atoms in total. The summed E-state index contributed by atoms with van der Waals surface area (Å²) in [5.74, 6) is 0. The molecular weight excluding hydrogens is 212 g/mol. The van der Waals surface area contributed by atoms with E-state index >= 15 is 0 Å². The van der Waals surface area contributed by atoms with Crippen LogP contribution in [0.25, 0.3) is 0 Å². The molecule has 0 aliphatic rings. The van der Waals surface area contributed by atoms with Crippen molar-refractivity contribution in [2.24, 2.45) is 5.41 Å². The predicted octanol–water partition coefficient (Wildman–Crippen LogP) is 2.54. The standard InChI is InChI=1S/C15H24O2/c1-5-15(9-16,10-17)8-14-12(3)6-11(2)7-13(14)4/h6-7,16-17H,5,8-10H2,1-4H3. The van der Waals surface area contributed by atoms with Crippen LogP contribution in [0, 0.1) is 26.2 Å².